The van der Waals surface area contributed by atoms with Crippen LogP contribution in [0.2, 0.25) is 0 Å². The second-order valence-electron chi connectivity index (χ2n) is 4.76. The van der Waals surface area contributed by atoms with Gasteiger partial charge in [-0.15, -0.1) is 0 Å². The van der Waals surface area contributed by atoms with E-state index in [1.165, 1.54) is 17.8 Å². The average Bonchev–Trinajstić information content (AvgIpc) is 2.29. The lowest BCUT2D eigenvalue weighted by Gasteiger charge is -2.32. The minimum absolute atomic E-state index is 0.335. The standard InChI is InChI=1S/C13H21N3/c1-15(2)12-5-7-13(8-6-12)16-9-3-4-11(14)10-16/h5-8,11H,3-4,9-10,14H2,1-2H3. The molecule has 2 rings (SSSR count). The summed E-state index contributed by atoms with van der Waals surface area (Å²) in [4.78, 5) is 4.50. The Morgan fingerprint density at radius 3 is 2.50 bits per heavy atom. The lowest BCUT2D eigenvalue weighted by atomic mass is 10.1. The van der Waals surface area contributed by atoms with Crippen LogP contribution in [0.3, 0.4) is 0 Å². The van der Waals surface area contributed by atoms with Crippen molar-refractivity contribution < 1.29 is 0 Å². The fourth-order valence-corrected chi connectivity index (χ4v) is 2.21. The topological polar surface area (TPSA) is 32.5 Å². The number of hydrogen-bond donors (Lipinski definition) is 1. The molecule has 0 aromatic heterocycles. The Morgan fingerprint density at radius 1 is 1.25 bits per heavy atom. The maximum Gasteiger partial charge on any atom is 0.0368 e. The van der Waals surface area contributed by atoms with E-state index in [9.17, 15) is 0 Å². The molecule has 1 aromatic rings. The van der Waals surface area contributed by atoms with Gasteiger partial charge >= 0.3 is 0 Å². The highest BCUT2D eigenvalue weighted by molar-refractivity contribution is 5.56. The van der Waals surface area contributed by atoms with Gasteiger partial charge in [0.2, 0.25) is 0 Å². The Kier molecular flexibility index (Phi) is 3.34. The maximum absolute atomic E-state index is 5.99. The van der Waals surface area contributed by atoms with Gasteiger partial charge in [0.15, 0.2) is 0 Å². The van der Waals surface area contributed by atoms with Gasteiger partial charge < -0.3 is 15.5 Å². The Bertz CT molecular complexity index is 332. The summed E-state index contributed by atoms with van der Waals surface area (Å²) in [6.45, 7) is 2.12. The molecule has 3 nitrogen and oxygen atoms in total. The summed E-state index contributed by atoms with van der Waals surface area (Å²) < 4.78 is 0. The van der Waals surface area contributed by atoms with Crippen LogP contribution in [0.25, 0.3) is 0 Å². The molecule has 1 aromatic carbocycles. The molecule has 1 fully saturated rings. The number of piperidine rings is 1. The molecule has 1 aliphatic rings. The largest absolute Gasteiger partial charge is 0.378 e. The SMILES string of the molecule is CN(C)c1ccc(N2CCCC(N)C2)cc1. The summed E-state index contributed by atoms with van der Waals surface area (Å²) in [7, 11) is 4.12. The lowest BCUT2D eigenvalue weighted by Crippen LogP contribution is -2.42. The first-order valence-electron chi connectivity index (χ1n) is 5.95. The fraction of sp³-hybridized carbons (Fsp3) is 0.538. The molecule has 1 aliphatic heterocycles. The van der Waals surface area contributed by atoms with Gasteiger partial charge in [-0.1, -0.05) is 0 Å². The van der Waals surface area contributed by atoms with Crippen molar-refractivity contribution >= 4 is 11.4 Å². The van der Waals surface area contributed by atoms with Crippen molar-refractivity contribution in [3.05, 3.63) is 24.3 Å². The van der Waals surface area contributed by atoms with E-state index in [1.54, 1.807) is 0 Å². The molecule has 0 bridgehead atoms. The molecule has 0 aliphatic carbocycles. The summed E-state index contributed by atoms with van der Waals surface area (Å²) in [5, 5.41) is 0. The van der Waals surface area contributed by atoms with Crippen molar-refractivity contribution in [1.82, 2.24) is 0 Å². The third-order valence-electron chi connectivity index (χ3n) is 3.19. The first-order chi connectivity index (χ1) is 7.66. The van der Waals surface area contributed by atoms with E-state index in [2.05, 4.69) is 48.2 Å². The van der Waals surface area contributed by atoms with Crippen LogP contribution in [0.1, 0.15) is 12.8 Å². The van der Waals surface area contributed by atoms with Crippen LogP contribution in [0, 0.1) is 0 Å². The summed E-state index contributed by atoms with van der Waals surface area (Å²) in [6.07, 6.45) is 2.36. The van der Waals surface area contributed by atoms with Gasteiger partial charge in [-0.2, -0.15) is 0 Å². The highest BCUT2D eigenvalue weighted by atomic mass is 15.1. The molecule has 1 saturated heterocycles. The first-order valence-corrected chi connectivity index (χ1v) is 5.95. The Hall–Kier alpha value is -1.22. The Labute approximate surface area is 97.8 Å². The van der Waals surface area contributed by atoms with E-state index in [1.807, 2.05) is 0 Å². The summed E-state index contributed by atoms with van der Waals surface area (Å²) in [5.41, 5.74) is 8.52. The third kappa shape index (κ3) is 2.47. The molecular weight excluding hydrogens is 198 g/mol. The minimum Gasteiger partial charge on any atom is -0.378 e. The van der Waals surface area contributed by atoms with Gasteiger partial charge in [0.05, 0.1) is 0 Å². The zero-order valence-electron chi connectivity index (χ0n) is 10.2. The number of anilines is 2. The summed E-state index contributed by atoms with van der Waals surface area (Å²) in [6, 6.07) is 9.04. The van der Waals surface area contributed by atoms with Crippen LogP contribution in [-0.2, 0) is 0 Å². The second-order valence-corrected chi connectivity index (χ2v) is 4.76. The maximum atomic E-state index is 5.99. The fourth-order valence-electron chi connectivity index (χ4n) is 2.21. The van der Waals surface area contributed by atoms with Gasteiger partial charge in [-0.25, -0.2) is 0 Å². The predicted molar refractivity (Wildman–Crippen MR) is 70.2 cm³/mol. The Morgan fingerprint density at radius 2 is 1.94 bits per heavy atom. The molecule has 16 heavy (non-hydrogen) atoms. The van der Waals surface area contributed by atoms with Crippen molar-refractivity contribution in [3.63, 3.8) is 0 Å². The molecule has 2 N–H and O–H groups in total. The van der Waals surface area contributed by atoms with Gasteiger partial charge in [-0.3, -0.25) is 0 Å². The summed E-state index contributed by atoms with van der Waals surface area (Å²) >= 11 is 0. The first kappa shape index (κ1) is 11.3. The van der Waals surface area contributed by atoms with E-state index in [4.69, 9.17) is 5.73 Å². The van der Waals surface area contributed by atoms with Crippen molar-refractivity contribution in [2.75, 3.05) is 37.0 Å². The van der Waals surface area contributed by atoms with Crippen LogP contribution in [0.4, 0.5) is 11.4 Å². The van der Waals surface area contributed by atoms with Crippen molar-refractivity contribution in [2.45, 2.75) is 18.9 Å². The molecule has 3 heteroatoms. The number of nitrogens with two attached hydrogens (primary N) is 1. The normalized spacial score (nSPS) is 20.9. The molecule has 1 heterocycles. The monoisotopic (exact) mass is 219 g/mol. The zero-order chi connectivity index (χ0) is 11.5. The van der Waals surface area contributed by atoms with E-state index in [0.717, 1.165) is 19.5 Å². The number of rotatable bonds is 2. The van der Waals surface area contributed by atoms with Crippen LogP contribution >= 0.6 is 0 Å². The van der Waals surface area contributed by atoms with Crippen molar-refractivity contribution in [3.8, 4) is 0 Å². The number of nitrogens with zero attached hydrogens (tertiary/aromatic N) is 2. The predicted octanol–water partition coefficient (Wildman–Crippen LogP) is 1.68. The highest BCUT2D eigenvalue weighted by Crippen LogP contribution is 2.22. The van der Waals surface area contributed by atoms with E-state index >= 15 is 0 Å². The highest BCUT2D eigenvalue weighted by Gasteiger charge is 2.16. The van der Waals surface area contributed by atoms with Crippen LogP contribution in [0.5, 0.6) is 0 Å². The summed E-state index contributed by atoms with van der Waals surface area (Å²) in [5.74, 6) is 0. The van der Waals surface area contributed by atoms with Crippen molar-refractivity contribution in [2.24, 2.45) is 5.73 Å². The van der Waals surface area contributed by atoms with E-state index in [0.29, 0.717) is 6.04 Å². The van der Waals surface area contributed by atoms with Gasteiger partial charge in [-0.05, 0) is 37.1 Å². The molecule has 1 atom stereocenters. The lowest BCUT2D eigenvalue weighted by molar-refractivity contribution is 0.506. The molecule has 1 unspecified atom stereocenters. The smallest absolute Gasteiger partial charge is 0.0368 e. The van der Waals surface area contributed by atoms with E-state index in [-0.39, 0.29) is 0 Å². The van der Waals surface area contributed by atoms with Crippen LogP contribution < -0.4 is 15.5 Å². The minimum atomic E-state index is 0.335. The van der Waals surface area contributed by atoms with Gasteiger partial charge in [0.25, 0.3) is 0 Å². The van der Waals surface area contributed by atoms with Gasteiger partial charge in [0.1, 0.15) is 0 Å². The zero-order valence-corrected chi connectivity index (χ0v) is 10.2. The molecule has 0 spiro atoms. The number of benzene rings is 1. The number of hydrogen-bond acceptors (Lipinski definition) is 3. The molecule has 88 valence electrons. The molecule has 0 radical (unpaired) electrons. The van der Waals surface area contributed by atoms with Crippen LogP contribution in [-0.4, -0.2) is 33.2 Å². The molecular formula is C13H21N3. The molecule has 0 amide bonds. The van der Waals surface area contributed by atoms with E-state index < -0.39 is 0 Å². The van der Waals surface area contributed by atoms with Crippen molar-refractivity contribution in [1.29, 1.82) is 0 Å². The quantitative estimate of drug-likeness (QED) is 0.821. The second kappa shape index (κ2) is 4.74. The third-order valence-corrected chi connectivity index (χ3v) is 3.19. The Balaban J connectivity index is 2.09. The van der Waals surface area contributed by atoms with Crippen LogP contribution in [0.15, 0.2) is 24.3 Å². The average molecular weight is 219 g/mol. The molecule has 0 saturated carbocycles. The van der Waals surface area contributed by atoms with Gasteiger partial charge in [0, 0.05) is 44.6 Å².